The first-order valence-corrected chi connectivity index (χ1v) is 8.68. The molecule has 2 rings (SSSR count). The second-order valence-electron chi connectivity index (χ2n) is 5.12. The summed E-state index contributed by atoms with van der Waals surface area (Å²) >= 11 is 0. The number of unbranched alkanes of at least 4 members (excludes halogenated alkanes) is 1. The van der Waals surface area contributed by atoms with Gasteiger partial charge >= 0.3 is 0 Å². The minimum Gasteiger partial charge on any atom is -0.211 e. The first kappa shape index (κ1) is 15.7. The minimum atomic E-state index is -3.48. The van der Waals surface area contributed by atoms with Crippen molar-refractivity contribution in [3.63, 3.8) is 0 Å². The van der Waals surface area contributed by atoms with Gasteiger partial charge in [0.15, 0.2) is 0 Å². The van der Waals surface area contributed by atoms with Crippen molar-refractivity contribution < 1.29 is 8.42 Å². The fraction of sp³-hybridized carbons (Fsp3) is 0.294. The summed E-state index contributed by atoms with van der Waals surface area (Å²) < 4.78 is 27.7. The first-order valence-electron chi connectivity index (χ1n) is 7.20. The number of sulfonamides is 1. The highest BCUT2D eigenvalue weighted by Crippen LogP contribution is 2.28. The van der Waals surface area contributed by atoms with E-state index in [9.17, 15) is 8.42 Å². The van der Waals surface area contributed by atoms with Gasteiger partial charge in [0.2, 0.25) is 10.0 Å². The molecule has 0 radical (unpaired) electrons. The molecular formula is C17H21NO2S. The summed E-state index contributed by atoms with van der Waals surface area (Å²) in [6.45, 7) is 4.48. The maximum atomic E-state index is 12.5. The van der Waals surface area contributed by atoms with Crippen LogP contribution in [0.4, 0.5) is 0 Å². The van der Waals surface area contributed by atoms with Gasteiger partial charge in [-0.25, -0.2) is 13.1 Å². The number of hydrogen-bond donors (Lipinski definition) is 1. The van der Waals surface area contributed by atoms with Gasteiger partial charge in [0.1, 0.15) is 0 Å². The minimum absolute atomic E-state index is 0.343. The number of hydrogen-bond acceptors (Lipinski definition) is 2. The molecule has 0 unspecified atom stereocenters. The SMILES string of the molecule is CCCCNS(=O)(=O)c1ccc(C)cc1-c1ccccc1. The van der Waals surface area contributed by atoms with Gasteiger partial charge in [-0.2, -0.15) is 0 Å². The lowest BCUT2D eigenvalue weighted by Gasteiger charge is -2.12. The van der Waals surface area contributed by atoms with Gasteiger partial charge in [0.25, 0.3) is 0 Å². The molecule has 0 aromatic heterocycles. The van der Waals surface area contributed by atoms with Crippen molar-refractivity contribution in [2.24, 2.45) is 0 Å². The van der Waals surface area contributed by atoms with Crippen LogP contribution in [0.1, 0.15) is 25.3 Å². The Hall–Kier alpha value is -1.65. The molecule has 4 heteroatoms. The van der Waals surface area contributed by atoms with E-state index >= 15 is 0 Å². The molecule has 0 amide bonds. The number of rotatable bonds is 6. The zero-order valence-electron chi connectivity index (χ0n) is 12.5. The van der Waals surface area contributed by atoms with Crippen LogP contribution >= 0.6 is 0 Å². The Kier molecular flexibility index (Phi) is 5.15. The van der Waals surface area contributed by atoms with E-state index in [1.165, 1.54) is 0 Å². The molecule has 0 saturated heterocycles. The molecule has 1 N–H and O–H groups in total. The normalized spacial score (nSPS) is 11.5. The smallest absolute Gasteiger partial charge is 0.211 e. The maximum Gasteiger partial charge on any atom is 0.241 e. The zero-order chi connectivity index (χ0) is 15.3. The predicted octanol–water partition coefficient (Wildman–Crippen LogP) is 3.74. The molecule has 0 aliphatic rings. The number of nitrogens with one attached hydrogen (secondary N) is 1. The van der Waals surface area contributed by atoms with E-state index in [1.807, 2.05) is 56.3 Å². The van der Waals surface area contributed by atoms with Crippen LogP contribution in [0.3, 0.4) is 0 Å². The van der Waals surface area contributed by atoms with Crippen LogP contribution in [0.25, 0.3) is 11.1 Å². The topological polar surface area (TPSA) is 46.2 Å². The molecule has 0 atom stereocenters. The lowest BCUT2D eigenvalue weighted by molar-refractivity contribution is 0.578. The predicted molar refractivity (Wildman–Crippen MR) is 86.7 cm³/mol. The zero-order valence-corrected chi connectivity index (χ0v) is 13.3. The summed E-state index contributed by atoms with van der Waals surface area (Å²) in [5.74, 6) is 0. The van der Waals surface area contributed by atoms with Gasteiger partial charge in [-0.1, -0.05) is 61.4 Å². The first-order chi connectivity index (χ1) is 10.0. The van der Waals surface area contributed by atoms with Crippen LogP contribution < -0.4 is 4.72 Å². The quantitative estimate of drug-likeness (QED) is 0.826. The summed E-state index contributed by atoms with van der Waals surface area (Å²) in [5.41, 5.74) is 2.71. The van der Waals surface area contributed by atoms with Gasteiger partial charge in [-0.05, 0) is 25.0 Å². The fourth-order valence-corrected chi connectivity index (χ4v) is 3.46. The van der Waals surface area contributed by atoms with Crippen LogP contribution in [-0.4, -0.2) is 15.0 Å². The third-order valence-electron chi connectivity index (χ3n) is 3.33. The van der Waals surface area contributed by atoms with Crippen molar-refractivity contribution >= 4 is 10.0 Å². The summed E-state index contributed by atoms with van der Waals surface area (Å²) in [6.07, 6.45) is 1.80. The van der Waals surface area contributed by atoms with E-state index in [2.05, 4.69) is 4.72 Å². The Morgan fingerprint density at radius 3 is 2.43 bits per heavy atom. The lowest BCUT2D eigenvalue weighted by atomic mass is 10.0. The van der Waals surface area contributed by atoms with Gasteiger partial charge in [0, 0.05) is 12.1 Å². The van der Waals surface area contributed by atoms with Crippen molar-refractivity contribution in [1.29, 1.82) is 0 Å². The van der Waals surface area contributed by atoms with Crippen LogP contribution in [0.5, 0.6) is 0 Å². The highest BCUT2D eigenvalue weighted by Gasteiger charge is 2.18. The molecule has 3 nitrogen and oxygen atoms in total. The Bertz CT molecular complexity index is 694. The molecule has 0 spiro atoms. The van der Waals surface area contributed by atoms with Gasteiger partial charge in [-0.15, -0.1) is 0 Å². The Morgan fingerprint density at radius 1 is 1.05 bits per heavy atom. The summed E-state index contributed by atoms with van der Waals surface area (Å²) in [7, 11) is -3.48. The van der Waals surface area contributed by atoms with E-state index in [-0.39, 0.29) is 0 Å². The van der Waals surface area contributed by atoms with Crippen LogP contribution in [-0.2, 0) is 10.0 Å². The molecule has 21 heavy (non-hydrogen) atoms. The molecule has 0 aliphatic carbocycles. The van der Waals surface area contributed by atoms with E-state index < -0.39 is 10.0 Å². The average Bonchev–Trinajstić information content (AvgIpc) is 2.48. The van der Waals surface area contributed by atoms with Gasteiger partial charge < -0.3 is 0 Å². The molecule has 0 fully saturated rings. The molecule has 0 bridgehead atoms. The highest BCUT2D eigenvalue weighted by atomic mass is 32.2. The molecular weight excluding hydrogens is 282 g/mol. The van der Waals surface area contributed by atoms with Gasteiger partial charge in [-0.3, -0.25) is 0 Å². The largest absolute Gasteiger partial charge is 0.241 e. The second kappa shape index (κ2) is 6.87. The van der Waals surface area contributed by atoms with Crippen molar-refractivity contribution in [3.8, 4) is 11.1 Å². The van der Waals surface area contributed by atoms with E-state index in [1.54, 1.807) is 6.07 Å². The van der Waals surface area contributed by atoms with Crippen molar-refractivity contribution in [3.05, 3.63) is 54.1 Å². The molecule has 0 saturated carbocycles. The Balaban J connectivity index is 2.45. The molecule has 2 aromatic rings. The second-order valence-corrected chi connectivity index (χ2v) is 6.85. The third kappa shape index (κ3) is 3.93. The molecule has 112 valence electrons. The van der Waals surface area contributed by atoms with Crippen LogP contribution in [0, 0.1) is 6.92 Å². The Morgan fingerprint density at radius 2 is 1.76 bits per heavy atom. The van der Waals surface area contributed by atoms with Crippen LogP contribution in [0.2, 0.25) is 0 Å². The maximum absolute atomic E-state index is 12.5. The van der Waals surface area contributed by atoms with Crippen LogP contribution in [0.15, 0.2) is 53.4 Å². The average molecular weight is 303 g/mol. The standard InChI is InChI=1S/C17H21NO2S/c1-3-4-12-18-21(19,20)17-11-10-14(2)13-16(17)15-8-6-5-7-9-15/h5-11,13,18H,3-4,12H2,1-2H3. The third-order valence-corrected chi connectivity index (χ3v) is 4.85. The summed E-state index contributed by atoms with van der Waals surface area (Å²) in [4.78, 5) is 0.343. The molecule has 2 aromatic carbocycles. The van der Waals surface area contributed by atoms with E-state index in [0.717, 1.165) is 29.5 Å². The molecule has 0 aliphatic heterocycles. The van der Waals surface area contributed by atoms with Gasteiger partial charge in [0.05, 0.1) is 4.90 Å². The summed E-state index contributed by atoms with van der Waals surface area (Å²) in [5, 5.41) is 0. The summed E-state index contributed by atoms with van der Waals surface area (Å²) in [6, 6.07) is 15.1. The van der Waals surface area contributed by atoms with E-state index in [4.69, 9.17) is 0 Å². The lowest BCUT2D eigenvalue weighted by Crippen LogP contribution is -2.25. The molecule has 0 heterocycles. The number of benzene rings is 2. The fourth-order valence-electron chi connectivity index (χ4n) is 2.18. The monoisotopic (exact) mass is 303 g/mol. The highest BCUT2D eigenvalue weighted by molar-refractivity contribution is 7.89. The van der Waals surface area contributed by atoms with E-state index in [0.29, 0.717) is 11.4 Å². The number of aryl methyl sites for hydroxylation is 1. The Labute approximate surface area is 127 Å². The van der Waals surface area contributed by atoms with Crippen molar-refractivity contribution in [2.45, 2.75) is 31.6 Å². The van der Waals surface area contributed by atoms with Crippen molar-refractivity contribution in [1.82, 2.24) is 4.72 Å². The van der Waals surface area contributed by atoms with Crippen molar-refractivity contribution in [2.75, 3.05) is 6.54 Å².